The van der Waals surface area contributed by atoms with E-state index in [1.165, 1.54) is 5.56 Å². The molecule has 0 aliphatic carbocycles. The maximum absolute atomic E-state index is 14.5. The van der Waals surface area contributed by atoms with Crippen LogP contribution in [0.1, 0.15) is 21.9 Å². The van der Waals surface area contributed by atoms with E-state index in [2.05, 4.69) is 59.5 Å². The molecule has 4 heterocycles. The maximum Gasteiger partial charge on any atom is 0.270 e. The minimum absolute atomic E-state index is 0.0463. The fourth-order valence-electron chi connectivity index (χ4n) is 5.03. The van der Waals surface area contributed by atoms with Crippen LogP contribution in [0.3, 0.4) is 0 Å². The molecule has 12 heteroatoms. The minimum atomic E-state index is -0.497. The van der Waals surface area contributed by atoms with Crippen LogP contribution in [0.5, 0.6) is 0 Å². The molecule has 0 unspecified atom stereocenters. The van der Waals surface area contributed by atoms with Crippen molar-refractivity contribution >= 4 is 23.1 Å². The smallest absolute Gasteiger partial charge is 0.270 e. The average Bonchev–Trinajstić information content (AvgIpc) is 2.99. The van der Waals surface area contributed by atoms with Gasteiger partial charge in [0.15, 0.2) is 11.6 Å². The van der Waals surface area contributed by atoms with Crippen LogP contribution >= 0.6 is 0 Å². The summed E-state index contributed by atoms with van der Waals surface area (Å²) < 4.78 is 14.5. The second kappa shape index (κ2) is 13.8. The van der Waals surface area contributed by atoms with E-state index in [0.717, 1.165) is 50.3 Å². The summed E-state index contributed by atoms with van der Waals surface area (Å²) in [5.41, 5.74) is 3.20. The van der Waals surface area contributed by atoms with E-state index in [-0.39, 0.29) is 30.6 Å². The van der Waals surface area contributed by atoms with Gasteiger partial charge in [0.25, 0.3) is 5.91 Å². The number of nitrogens with zero attached hydrogens (tertiary/aromatic N) is 7. The third-order valence-corrected chi connectivity index (χ3v) is 7.51. The number of piperazine rings is 2. The molecule has 3 aromatic rings. The highest BCUT2D eigenvalue weighted by Crippen LogP contribution is 2.20. The second-order valence-corrected chi connectivity index (χ2v) is 10.5. The van der Waals surface area contributed by atoms with E-state index in [1.54, 1.807) is 12.3 Å². The molecule has 0 saturated carbocycles. The average molecular weight is 564 g/mol. The summed E-state index contributed by atoms with van der Waals surface area (Å²) in [5, 5.41) is 15.3. The highest BCUT2D eigenvalue weighted by molar-refractivity contribution is 5.93. The van der Waals surface area contributed by atoms with Gasteiger partial charge in [0.05, 0.1) is 19.3 Å². The Kier molecular flexibility index (Phi) is 9.67. The van der Waals surface area contributed by atoms with E-state index in [4.69, 9.17) is 5.11 Å². The molecule has 1 aromatic carbocycles. The molecule has 2 aliphatic rings. The third kappa shape index (κ3) is 7.94. The number of likely N-dealkylation sites (N-methyl/N-ethyl adjacent to an activating group) is 1. The molecule has 2 aliphatic heterocycles. The number of aliphatic hydroxyl groups excluding tert-OH is 1. The highest BCUT2D eigenvalue weighted by atomic mass is 19.1. The summed E-state index contributed by atoms with van der Waals surface area (Å²) >= 11 is 0. The molecule has 11 nitrogen and oxygen atoms in total. The number of anilines is 3. The number of rotatable bonds is 10. The fraction of sp³-hybridized carbons (Fsp3) is 0.448. The van der Waals surface area contributed by atoms with Crippen molar-refractivity contribution in [3.8, 4) is 0 Å². The van der Waals surface area contributed by atoms with Gasteiger partial charge in [-0.1, -0.05) is 12.1 Å². The number of hydrogen-bond acceptors (Lipinski definition) is 10. The fourth-order valence-corrected chi connectivity index (χ4v) is 5.03. The Hall–Kier alpha value is -3.71. The first kappa shape index (κ1) is 28.8. The molecule has 0 atom stereocenters. The number of amides is 1. The number of hydrogen-bond donors (Lipinski definition) is 3. The third-order valence-electron chi connectivity index (χ3n) is 7.51. The standard InChI is InChI=1S/C29H38FN9O2/c1-36-8-10-38(11-9-36)21-22-2-4-23(5-3-22)34-24-6-7-31-26(18-24)29(41)33-20-27-32-19-25(30)28(35-27)39-14-12-37(13-15-39)16-17-40/h2-7,18-19,40H,8-17,20-21H2,1H3,(H,31,34)(H,33,41). The molecule has 2 saturated heterocycles. The van der Waals surface area contributed by atoms with Crippen LogP contribution < -0.4 is 15.5 Å². The van der Waals surface area contributed by atoms with Crippen LogP contribution in [-0.2, 0) is 13.1 Å². The van der Waals surface area contributed by atoms with E-state index < -0.39 is 5.82 Å². The molecule has 0 bridgehead atoms. The van der Waals surface area contributed by atoms with E-state index in [9.17, 15) is 9.18 Å². The van der Waals surface area contributed by atoms with E-state index in [0.29, 0.717) is 38.5 Å². The number of carbonyl (C=O) groups excluding carboxylic acids is 1. The number of halogens is 1. The van der Waals surface area contributed by atoms with E-state index >= 15 is 0 Å². The van der Waals surface area contributed by atoms with Crippen LogP contribution in [0, 0.1) is 5.82 Å². The zero-order chi connectivity index (χ0) is 28.6. The van der Waals surface area contributed by atoms with Gasteiger partial charge in [0.1, 0.15) is 11.5 Å². The Morgan fingerprint density at radius 2 is 1.68 bits per heavy atom. The number of nitrogens with one attached hydrogen (secondary N) is 2. The van der Waals surface area contributed by atoms with Gasteiger partial charge in [-0.15, -0.1) is 0 Å². The van der Waals surface area contributed by atoms with E-state index in [1.807, 2.05) is 23.1 Å². The maximum atomic E-state index is 14.5. The van der Waals surface area contributed by atoms with Crippen molar-refractivity contribution in [3.63, 3.8) is 0 Å². The quantitative estimate of drug-likeness (QED) is 0.336. The van der Waals surface area contributed by atoms with Gasteiger partial charge in [0.2, 0.25) is 0 Å². The van der Waals surface area contributed by atoms with Crippen LogP contribution in [-0.4, -0.2) is 113 Å². The van der Waals surface area contributed by atoms with Crippen molar-refractivity contribution in [3.05, 3.63) is 71.7 Å². The molecule has 5 rings (SSSR count). The Morgan fingerprint density at radius 1 is 0.951 bits per heavy atom. The zero-order valence-corrected chi connectivity index (χ0v) is 23.5. The van der Waals surface area contributed by atoms with Crippen LogP contribution in [0.15, 0.2) is 48.8 Å². The van der Waals surface area contributed by atoms with Gasteiger partial charge in [-0.3, -0.25) is 19.6 Å². The Bertz CT molecular complexity index is 1290. The summed E-state index contributed by atoms with van der Waals surface area (Å²) in [6.07, 6.45) is 2.73. The number of aliphatic hydroxyl groups is 1. The molecular weight excluding hydrogens is 525 g/mol. The van der Waals surface area contributed by atoms with Crippen molar-refractivity contribution in [1.82, 2.24) is 35.0 Å². The van der Waals surface area contributed by atoms with Crippen LogP contribution in [0.25, 0.3) is 0 Å². The molecule has 41 heavy (non-hydrogen) atoms. The summed E-state index contributed by atoms with van der Waals surface area (Å²) in [4.78, 5) is 34.3. The molecule has 0 spiro atoms. The molecule has 3 N–H and O–H groups in total. The Morgan fingerprint density at radius 3 is 2.41 bits per heavy atom. The van der Waals surface area contributed by atoms with Gasteiger partial charge in [-0.2, -0.15) is 0 Å². The predicted molar refractivity (Wildman–Crippen MR) is 156 cm³/mol. The van der Waals surface area contributed by atoms with Gasteiger partial charge in [-0.25, -0.2) is 14.4 Å². The van der Waals surface area contributed by atoms with Crippen molar-refractivity contribution < 1.29 is 14.3 Å². The topological polar surface area (TPSA) is 113 Å². The number of benzene rings is 1. The monoisotopic (exact) mass is 563 g/mol. The molecule has 2 aromatic heterocycles. The molecule has 218 valence electrons. The van der Waals surface area contributed by atoms with Crippen molar-refractivity contribution in [1.29, 1.82) is 0 Å². The Balaban J connectivity index is 1.14. The first-order valence-electron chi connectivity index (χ1n) is 14.1. The van der Waals surface area contributed by atoms with Gasteiger partial charge < -0.3 is 25.5 Å². The summed E-state index contributed by atoms with van der Waals surface area (Å²) in [6, 6.07) is 11.8. The van der Waals surface area contributed by atoms with Gasteiger partial charge >= 0.3 is 0 Å². The normalized spacial score (nSPS) is 17.0. The minimum Gasteiger partial charge on any atom is -0.395 e. The number of pyridine rings is 1. The molecule has 1 amide bonds. The molecule has 2 fully saturated rings. The first-order chi connectivity index (χ1) is 20.0. The van der Waals surface area contributed by atoms with Crippen molar-refractivity contribution in [2.75, 3.05) is 82.8 Å². The van der Waals surface area contributed by atoms with Gasteiger partial charge in [0, 0.05) is 83.0 Å². The predicted octanol–water partition coefficient (Wildman–Crippen LogP) is 1.55. The first-order valence-corrected chi connectivity index (χ1v) is 14.1. The van der Waals surface area contributed by atoms with Crippen molar-refractivity contribution in [2.24, 2.45) is 0 Å². The lowest BCUT2D eigenvalue weighted by molar-refractivity contribution is 0.0945. The van der Waals surface area contributed by atoms with Crippen molar-refractivity contribution in [2.45, 2.75) is 13.1 Å². The largest absolute Gasteiger partial charge is 0.395 e. The number of β-amino-alcohol motifs (C(OH)–C–C–N with tert-alkyl or cyclic N) is 1. The lowest BCUT2D eigenvalue weighted by Crippen LogP contribution is -2.47. The lowest BCUT2D eigenvalue weighted by Gasteiger charge is -2.35. The second-order valence-electron chi connectivity index (χ2n) is 10.5. The van der Waals surface area contributed by atoms with Crippen LogP contribution in [0.4, 0.5) is 21.6 Å². The lowest BCUT2D eigenvalue weighted by atomic mass is 10.1. The SMILES string of the molecule is CN1CCN(Cc2ccc(Nc3ccnc(C(=O)NCc4ncc(F)c(N5CCN(CCO)CC5)n4)c3)cc2)CC1. The summed E-state index contributed by atoms with van der Waals surface area (Å²) in [6.45, 7) is 8.67. The summed E-state index contributed by atoms with van der Waals surface area (Å²) in [7, 11) is 2.16. The molecular formula is C29H38FN9O2. The number of carbonyl (C=O) groups is 1. The Labute approximate surface area is 240 Å². The molecule has 0 radical (unpaired) electrons. The summed E-state index contributed by atoms with van der Waals surface area (Å²) in [5.74, 6) is -0.322. The highest BCUT2D eigenvalue weighted by Gasteiger charge is 2.21. The zero-order valence-electron chi connectivity index (χ0n) is 23.5. The van der Waals surface area contributed by atoms with Gasteiger partial charge in [-0.05, 0) is 36.9 Å². The number of aromatic nitrogens is 3. The van der Waals surface area contributed by atoms with Crippen LogP contribution in [0.2, 0.25) is 0 Å².